The molecule has 8 nitrogen and oxygen atoms in total. The first kappa shape index (κ1) is 23.7. The van der Waals surface area contributed by atoms with Crippen molar-refractivity contribution in [2.75, 3.05) is 32.8 Å². The molecule has 1 aliphatic rings. The quantitative estimate of drug-likeness (QED) is 0.480. The number of hydrogen-bond acceptors (Lipinski definition) is 6. The second kappa shape index (κ2) is 10.2. The number of carbonyl (C=O) groups is 2. The molecule has 3 aromatic rings. The van der Waals surface area contributed by atoms with E-state index >= 15 is 0 Å². The Bertz CT molecular complexity index is 1190. The van der Waals surface area contributed by atoms with Gasteiger partial charge in [0.05, 0.1) is 12.5 Å². The molecule has 0 saturated carbocycles. The number of benzene rings is 2. The Morgan fingerprint density at radius 3 is 1.97 bits per heavy atom. The van der Waals surface area contributed by atoms with Gasteiger partial charge in [-0.1, -0.05) is 60.7 Å². The maximum Gasteiger partial charge on any atom is 0.374 e. The molecule has 1 fully saturated rings. The molecule has 4 rings (SSSR count). The third-order valence-corrected chi connectivity index (χ3v) is 7.49. The zero-order valence-corrected chi connectivity index (χ0v) is 19.6. The lowest BCUT2D eigenvalue weighted by Gasteiger charge is -2.35. The van der Waals surface area contributed by atoms with Gasteiger partial charge in [0, 0.05) is 26.2 Å². The van der Waals surface area contributed by atoms with E-state index in [4.69, 9.17) is 9.15 Å². The van der Waals surface area contributed by atoms with E-state index in [0.29, 0.717) is 0 Å². The second-order valence-corrected chi connectivity index (χ2v) is 9.69. The van der Waals surface area contributed by atoms with Crippen LogP contribution in [0.4, 0.5) is 0 Å². The monoisotopic (exact) mass is 482 g/mol. The maximum atomic E-state index is 13.6. The van der Waals surface area contributed by atoms with Crippen molar-refractivity contribution in [2.24, 2.45) is 0 Å². The fourth-order valence-electron chi connectivity index (χ4n) is 4.00. The lowest BCUT2D eigenvalue weighted by atomic mass is 9.90. The van der Waals surface area contributed by atoms with Gasteiger partial charge < -0.3 is 14.1 Å². The summed E-state index contributed by atoms with van der Waals surface area (Å²) in [6.45, 7) is 2.56. The molecule has 2 aromatic carbocycles. The van der Waals surface area contributed by atoms with E-state index in [1.165, 1.54) is 16.4 Å². The topological polar surface area (TPSA) is 97.1 Å². The van der Waals surface area contributed by atoms with Crippen LogP contribution in [-0.4, -0.2) is 62.3 Å². The number of esters is 1. The highest BCUT2D eigenvalue weighted by Crippen LogP contribution is 2.28. The number of hydrogen-bond donors (Lipinski definition) is 0. The van der Waals surface area contributed by atoms with Crippen LogP contribution in [0.15, 0.2) is 82.3 Å². The highest BCUT2D eigenvalue weighted by Gasteiger charge is 2.35. The minimum Gasteiger partial charge on any atom is -0.460 e. The Hall–Kier alpha value is -3.43. The summed E-state index contributed by atoms with van der Waals surface area (Å²) in [5.41, 5.74) is 1.77. The fraction of sp³-hybridized carbons (Fsp3) is 0.280. The van der Waals surface area contributed by atoms with Crippen LogP contribution in [0.3, 0.4) is 0 Å². The number of piperazine rings is 1. The van der Waals surface area contributed by atoms with Crippen LogP contribution in [0.2, 0.25) is 0 Å². The molecule has 0 unspecified atom stereocenters. The molecule has 0 N–H and O–H groups in total. The van der Waals surface area contributed by atoms with Crippen LogP contribution < -0.4 is 0 Å². The zero-order valence-electron chi connectivity index (χ0n) is 18.8. The van der Waals surface area contributed by atoms with Crippen LogP contribution in [0.5, 0.6) is 0 Å². The molecule has 2 heterocycles. The minimum absolute atomic E-state index is 0.0722. The summed E-state index contributed by atoms with van der Waals surface area (Å²) in [5, 5.41) is -0.318. The first-order valence-corrected chi connectivity index (χ1v) is 12.5. The molecule has 0 aliphatic carbocycles. The van der Waals surface area contributed by atoms with Crippen molar-refractivity contribution < 1.29 is 27.2 Å². The SMILES string of the molecule is CCOC(=O)c1ccc(S(=O)(=O)N2CCN(C(=O)C(c3ccccc3)c3ccccc3)CC2)o1. The summed E-state index contributed by atoms with van der Waals surface area (Å²) < 4.78 is 37.4. The summed E-state index contributed by atoms with van der Waals surface area (Å²) in [6, 6.07) is 21.6. The summed E-state index contributed by atoms with van der Waals surface area (Å²) in [7, 11) is -3.94. The molecule has 178 valence electrons. The Balaban J connectivity index is 1.48. The van der Waals surface area contributed by atoms with E-state index < -0.39 is 21.9 Å². The van der Waals surface area contributed by atoms with Crippen LogP contribution in [0.1, 0.15) is 34.5 Å². The van der Waals surface area contributed by atoms with Crippen molar-refractivity contribution >= 4 is 21.9 Å². The van der Waals surface area contributed by atoms with Crippen LogP contribution in [0.25, 0.3) is 0 Å². The molecule has 0 radical (unpaired) electrons. The van der Waals surface area contributed by atoms with Crippen LogP contribution in [0, 0.1) is 0 Å². The average molecular weight is 483 g/mol. The Kier molecular flexibility index (Phi) is 7.14. The molecule has 1 amide bonds. The van der Waals surface area contributed by atoms with Gasteiger partial charge in [-0.25, -0.2) is 13.2 Å². The number of nitrogens with zero attached hydrogens (tertiary/aromatic N) is 2. The molecule has 34 heavy (non-hydrogen) atoms. The third kappa shape index (κ3) is 4.90. The molecule has 1 aromatic heterocycles. The predicted molar refractivity (Wildman–Crippen MR) is 125 cm³/mol. The number of amides is 1. The number of sulfonamides is 1. The molecule has 1 aliphatic heterocycles. The molecule has 0 spiro atoms. The first-order chi connectivity index (χ1) is 16.4. The highest BCUT2D eigenvalue weighted by atomic mass is 32.2. The van der Waals surface area contributed by atoms with E-state index in [1.807, 2.05) is 60.7 Å². The predicted octanol–water partition coefficient (Wildman–Crippen LogP) is 3.12. The van der Waals surface area contributed by atoms with Crippen LogP contribution in [-0.2, 0) is 19.6 Å². The summed E-state index contributed by atoms with van der Waals surface area (Å²) in [6.07, 6.45) is 0. The van der Waals surface area contributed by atoms with Gasteiger partial charge in [-0.15, -0.1) is 0 Å². The molecule has 9 heteroatoms. The summed E-state index contributed by atoms with van der Waals surface area (Å²) in [4.78, 5) is 27.1. The van der Waals surface area contributed by atoms with Gasteiger partial charge in [0.2, 0.25) is 16.8 Å². The molecule has 0 atom stereocenters. The van der Waals surface area contributed by atoms with Gasteiger partial charge in [0.25, 0.3) is 10.0 Å². The maximum absolute atomic E-state index is 13.6. The number of carbonyl (C=O) groups excluding carboxylic acids is 2. The van der Waals surface area contributed by atoms with Gasteiger partial charge in [0.15, 0.2) is 0 Å². The van der Waals surface area contributed by atoms with E-state index in [9.17, 15) is 18.0 Å². The van der Waals surface area contributed by atoms with Crippen LogP contribution >= 0.6 is 0 Å². The molecule has 1 saturated heterocycles. The Morgan fingerprint density at radius 2 is 1.44 bits per heavy atom. The number of furan rings is 1. The number of ether oxygens (including phenoxy) is 1. The van der Waals surface area contributed by atoms with Gasteiger partial charge in [-0.3, -0.25) is 4.79 Å². The third-order valence-electron chi connectivity index (χ3n) is 5.72. The van der Waals surface area contributed by atoms with Crippen molar-refractivity contribution in [3.05, 3.63) is 89.7 Å². The highest BCUT2D eigenvalue weighted by molar-refractivity contribution is 7.89. The largest absolute Gasteiger partial charge is 0.460 e. The Morgan fingerprint density at radius 1 is 0.882 bits per heavy atom. The molecular formula is C25H26N2O6S. The van der Waals surface area contributed by atoms with E-state index in [2.05, 4.69) is 0 Å². The van der Waals surface area contributed by atoms with Gasteiger partial charge in [0.1, 0.15) is 0 Å². The van der Waals surface area contributed by atoms with Crippen molar-refractivity contribution in [1.82, 2.24) is 9.21 Å². The van der Waals surface area contributed by atoms with Crippen molar-refractivity contribution in [2.45, 2.75) is 17.9 Å². The smallest absolute Gasteiger partial charge is 0.374 e. The van der Waals surface area contributed by atoms with E-state index in [-0.39, 0.29) is 49.5 Å². The zero-order chi connectivity index (χ0) is 24.1. The number of rotatable bonds is 7. The molecule has 0 bridgehead atoms. The van der Waals surface area contributed by atoms with Crippen molar-refractivity contribution in [3.8, 4) is 0 Å². The normalized spacial score (nSPS) is 14.8. The molecular weight excluding hydrogens is 456 g/mol. The van der Waals surface area contributed by atoms with Gasteiger partial charge in [-0.2, -0.15) is 4.31 Å². The lowest BCUT2D eigenvalue weighted by Crippen LogP contribution is -2.51. The van der Waals surface area contributed by atoms with E-state index in [1.54, 1.807) is 11.8 Å². The second-order valence-electron chi connectivity index (χ2n) is 7.82. The minimum atomic E-state index is -3.94. The summed E-state index contributed by atoms with van der Waals surface area (Å²) >= 11 is 0. The first-order valence-electron chi connectivity index (χ1n) is 11.1. The average Bonchev–Trinajstić information content (AvgIpc) is 3.37. The van der Waals surface area contributed by atoms with E-state index in [0.717, 1.165) is 11.1 Å². The van der Waals surface area contributed by atoms with Crippen molar-refractivity contribution in [3.63, 3.8) is 0 Å². The van der Waals surface area contributed by atoms with Gasteiger partial charge >= 0.3 is 5.97 Å². The summed E-state index contributed by atoms with van der Waals surface area (Å²) in [5.74, 6) is -1.42. The standard InChI is InChI=1S/C25H26N2O6S/c1-2-32-25(29)21-13-14-22(33-21)34(30,31)27-17-15-26(16-18-27)24(28)23(19-9-5-3-6-10-19)20-11-7-4-8-12-20/h3-14,23H,2,15-18H2,1H3. The van der Waals surface area contributed by atoms with Gasteiger partial charge in [-0.05, 0) is 30.2 Å². The fourth-order valence-corrected chi connectivity index (χ4v) is 5.33. The Labute approximate surface area is 198 Å². The lowest BCUT2D eigenvalue weighted by molar-refractivity contribution is -0.133. The van der Waals surface area contributed by atoms with Crippen molar-refractivity contribution in [1.29, 1.82) is 0 Å².